The lowest BCUT2D eigenvalue weighted by Gasteiger charge is -2.21. The number of hydrogen-bond donors (Lipinski definition) is 2. The van der Waals surface area contributed by atoms with Crippen molar-refractivity contribution in [3.05, 3.63) is 59.7 Å². The fourth-order valence-corrected chi connectivity index (χ4v) is 5.53. The van der Waals surface area contributed by atoms with Gasteiger partial charge in [-0.25, -0.2) is 4.79 Å². The monoisotopic (exact) mass is 478 g/mol. The Balaban J connectivity index is 1.08. The zero-order chi connectivity index (χ0) is 24.4. The zero-order valence-electron chi connectivity index (χ0n) is 19.5. The number of rotatable bonds is 7. The number of carboxylic acids is 1. The van der Waals surface area contributed by atoms with Crippen LogP contribution in [0.4, 0.5) is 4.79 Å². The van der Waals surface area contributed by atoms with Crippen molar-refractivity contribution < 1.29 is 29.0 Å². The molecule has 0 saturated carbocycles. The first kappa shape index (κ1) is 23.4. The molecular formula is C27H30N2O6. The highest BCUT2D eigenvalue weighted by molar-refractivity contribution is 5.82. The predicted molar refractivity (Wildman–Crippen MR) is 128 cm³/mol. The zero-order valence-corrected chi connectivity index (χ0v) is 19.5. The van der Waals surface area contributed by atoms with Gasteiger partial charge in [-0.1, -0.05) is 48.5 Å². The van der Waals surface area contributed by atoms with Gasteiger partial charge in [-0.3, -0.25) is 9.59 Å². The lowest BCUT2D eigenvalue weighted by atomic mass is 9.98. The number of carbonyl (C=O) groups excluding carboxylic acids is 2. The van der Waals surface area contributed by atoms with Crippen LogP contribution < -0.4 is 5.32 Å². The summed E-state index contributed by atoms with van der Waals surface area (Å²) >= 11 is 0. The third-order valence-electron chi connectivity index (χ3n) is 7.26. The van der Waals surface area contributed by atoms with Gasteiger partial charge in [-0.15, -0.1) is 0 Å². The number of fused-ring (bicyclic) bond motifs is 3. The first-order valence-electron chi connectivity index (χ1n) is 12.2. The van der Waals surface area contributed by atoms with Gasteiger partial charge >= 0.3 is 12.1 Å². The van der Waals surface area contributed by atoms with E-state index in [0.717, 1.165) is 11.1 Å². The largest absolute Gasteiger partial charge is 0.481 e. The molecule has 1 aliphatic carbocycles. The van der Waals surface area contributed by atoms with Crippen molar-refractivity contribution in [2.45, 2.75) is 43.8 Å². The van der Waals surface area contributed by atoms with Crippen LogP contribution in [0, 0.1) is 5.92 Å². The van der Waals surface area contributed by atoms with Crippen LogP contribution in [-0.2, 0) is 19.1 Å². The molecule has 0 radical (unpaired) electrons. The van der Waals surface area contributed by atoms with E-state index in [9.17, 15) is 14.4 Å². The van der Waals surface area contributed by atoms with Crippen molar-refractivity contribution in [3.63, 3.8) is 0 Å². The van der Waals surface area contributed by atoms with E-state index in [1.807, 2.05) is 24.3 Å². The molecule has 2 aromatic carbocycles. The highest BCUT2D eigenvalue weighted by atomic mass is 16.5. The molecule has 2 aliphatic heterocycles. The molecule has 0 bridgehead atoms. The van der Waals surface area contributed by atoms with E-state index in [1.54, 1.807) is 4.90 Å². The molecule has 3 unspecified atom stereocenters. The van der Waals surface area contributed by atoms with Gasteiger partial charge in [0.1, 0.15) is 12.7 Å². The van der Waals surface area contributed by atoms with Crippen LogP contribution in [0.15, 0.2) is 48.5 Å². The Labute approximate surface area is 204 Å². The first-order valence-corrected chi connectivity index (χ1v) is 12.2. The fourth-order valence-electron chi connectivity index (χ4n) is 5.53. The van der Waals surface area contributed by atoms with Crippen LogP contribution >= 0.6 is 0 Å². The van der Waals surface area contributed by atoms with Crippen LogP contribution in [-0.4, -0.2) is 66.4 Å². The summed E-state index contributed by atoms with van der Waals surface area (Å²) in [7, 11) is 0. The normalized spacial score (nSPS) is 23.1. The molecule has 2 amide bonds. The molecule has 2 N–H and O–H groups in total. The molecule has 2 saturated heterocycles. The summed E-state index contributed by atoms with van der Waals surface area (Å²) in [5.41, 5.74) is 4.68. The van der Waals surface area contributed by atoms with Gasteiger partial charge < -0.3 is 24.8 Å². The van der Waals surface area contributed by atoms with Crippen molar-refractivity contribution in [3.8, 4) is 11.1 Å². The maximum atomic E-state index is 12.8. The standard InChI is InChI=1S/C27H30N2O6/c30-25(31)13-17-11-12-29(15-17)26(32)24-10-9-18(35-24)14-28-27(33)34-16-23-21-7-3-1-5-19(21)20-6-2-4-8-22(20)23/h1-8,17-18,23-24H,9-16H2,(H,28,33)(H,30,31). The van der Waals surface area contributed by atoms with Gasteiger partial charge in [0, 0.05) is 32.0 Å². The van der Waals surface area contributed by atoms with Gasteiger partial charge in [0.2, 0.25) is 0 Å². The Morgan fingerprint density at radius 2 is 1.69 bits per heavy atom. The second kappa shape index (κ2) is 10.1. The SMILES string of the molecule is O=C(O)CC1CCN(C(=O)C2CCC(CNC(=O)OCC3c4ccccc4-c4ccccc43)O2)C1. The minimum Gasteiger partial charge on any atom is -0.481 e. The van der Waals surface area contributed by atoms with Crippen molar-refractivity contribution in [2.24, 2.45) is 5.92 Å². The second-order valence-electron chi connectivity index (χ2n) is 9.57. The van der Waals surface area contributed by atoms with Crippen LogP contribution in [0.1, 0.15) is 42.7 Å². The molecule has 35 heavy (non-hydrogen) atoms. The highest BCUT2D eigenvalue weighted by Crippen LogP contribution is 2.44. The number of nitrogens with one attached hydrogen (secondary N) is 1. The maximum absolute atomic E-state index is 12.8. The topological polar surface area (TPSA) is 105 Å². The molecule has 3 atom stereocenters. The maximum Gasteiger partial charge on any atom is 0.407 e. The summed E-state index contributed by atoms with van der Waals surface area (Å²) in [5, 5.41) is 11.7. The summed E-state index contributed by atoms with van der Waals surface area (Å²) in [5.74, 6) is -0.908. The first-order chi connectivity index (χ1) is 17.0. The lowest BCUT2D eigenvalue weighted by molar-refractivity contribution is -0.142. The molecule has 8 nitrogen and oxygen atoms in total. The van der Waals surface area contributed by atoms with Crippen LogP contribution in [0.3, 0.4) is 0 Å². The molecule has 3 aliphatic rings. The third kappa shape index (κ3) is 5.03. The average Bonchev–Trinajstić information content (AvgIpc) is 3.59. The van der Waals surface area contributed by atoms with Crippen LogP contribution in [0.5, 0.6) is 0 Å². The summed E-state index contributed by atoms with van der Waals surface area (Å²) < 4.78 is 11.5. The summed E-state index contributed by atoms with van der Waals surface area (Å²) in [4.78, 5) is 37.8. The van der Waals surface area contributed by atoms with E-state index in [2.05, 4.69) is 29.6 Å². The van der Waals surface area contributed by atoms with Gasteiger partial charge in [0.05, 0.1) is 6.10 Å². The molecular weight excluding hydrogens is 448 g/mol. The number of carbonyl (C=O) groups is 3. The number of benzene rings is 2. The fraction of sp³-hybridized carbons (Fsp3) is 0.444. The van der Waals surface area contributed by atoms with E-state index in [0.29, 0.717) is 32.4 Å². The van der Waals surface area contributed by atoms with Crippen molar-refractivity contribution in [2.75, 3.05) is 26.2 Å². The van der Waals surface area contributed by atoms with Gasteiger partial charge in [-0.2, -0.15) is 0 Å². The number of likely N-dealkylation sites (tertiary alicyclic amines) is 1. The second-order valence-corrected chi connectivity index (χ2v) is 9.57. The number of alkyl carbamates (subject to hydrolysis) is 1. The highest BCUT2D eigenvalue weighted by Gasteiger charge is 2.37. The van der Waals surface area contributed by atoms with Crippen molar-refractivity contribution in [1.29, 1.82) is 0 Å². The number of ether oxygens (including phenoxy) is 2. The Bertz CT molecular complexity index is 1070. The predicted octanol–water partition coefficient (Wildman–Crippen LogP) is 3.40. The molecule has 2 heterocycles. The molecule has 0 aromatic heterocycles. The van der Waals surface area contributed by atoms with Crippen LogP contribution in [0.25, 0.3) is 11.1 Å². The number of aliphatic carboxylic acids is 1. The molecule has 2 aromatic rings. The minimum atomic E-state index is -0.833. The third-order valence-corrected chi connectivity index (χ3v) is 7.26. The number of nitrogens with zero attached hydrogens (tertiary/aromatic N) is 1. The Morgan fingerprint density at radius 3 is 2.37 bits per heavy atom. The van der Waals surface area contributed by atoms with E-state index in [4.69, 9.17) is 14.6 Å². The smallest absolute Gasteiger partial charge is 0.407 e. The van der Waals surface area contributed by atoms with E-state index >= 15 is 0 Å². The molecule has 0 spiro atoms. The molecule has 184 valence electrons. The lowest BCUT2D eigenvalue weighted by Crippen LogP contribution is -2.39. The Morgan fingerprint density at radius 1 is 1.00 bits per heavy atom. The van der Waals surface area contributed by atoms with E-state index in [-0.39, 0.29) is 43.4 Å². The number of hydrogen-bond acceptors (Lipinski definition) is 5. The summed E-state index contributed by atoms with van der Waals surface area (Å²) in [6.07, 6.45) is 0.776. The van der Waals surface area contributed by atoms with E-state index in [1.165, 1.54) is 11.1 Å². The van der Waals surface area contributed by atoms with E-state index < -0.39 is 18.2 Å². The molecule has 5 rings (SSSR count). The van der Waals surface area contributed by atoms with Crippen molar-refractivity contribution >= 4 is 18.0 Å². The van der Waals surface area contributed by atoms with Crippen LogP contribution in [0.2, 0.25) is 0 Å². The average molecular weight is 479 g/mol. The molecule has 2 fully saturated rings. The van der Waals surface area contributed by atoms with Gasteiger partial charge in [0.25, 0.3) is 5.91 Å². The summed E-state index contributed by atoms with van der Waals surface area (Å²) in [6.45, 7) is 1.56. The minimum absolute atomic E-state index is 0.00305. The Kier molecular flexibility index (Phi) is 6.72. The summed E-state index contributed by atoms with van der Waals surface area (Å²) in [6, 6.07) is 16.4. The molecule has 8 heteroatoms. The number of amides is 2. The van der Waals surface area contributed by atoms with Gasteiger partial charge in [0.15, 0.2) is 0 Å². The number of carboxylic acid groups (broad SMARTS) is 1. The van der Waals surface area contributed by atoms with Crippen molar-refractivity contribution in [1.82, 2.24) is 10.2 Å². The van der Waals surface area contributed by atoms with Gasteiger partial charge in [-0.05, 0) is 47.4 Å². The Hall–Kier alpha value is -3.39. The quantitative estimate of drug-likeness (QED) is 0.632.